The van der Waals surface area contributed by atoms with Gasteiger partial charge in [0.15, 0.2) is 0 Å². The smallest absolute Gasteiger partial charge is 0.0110 e. The first kappa shape index (κ1) is 7.56. The van der Waals surface area contributed by atoms with Gasteiger partial charge in [-0.25, -0.2) is 0 Å². The Morgan fingerprint density at radius 1 is 1.18 bits per heavy atom. The van der Waals surface area contributed by atoms with Crippen LogP contribution in [0.3, 0.4) is 0 Å². The molecule has 3 atom stereocenters. The zero-order valence-corrected chi connectivity index (χ0v) is 7.29. The number of fused-ring (bicyclic) bond motifs is 2. The van der Waals surface area contributed by atoms with E-state index in [-0.39, 0.29) is 0 Å². The van der Waals surface area contributed by atoms with E-state index in [0.717, 1.165) is 12.1 Å². The molecule has 11 heavy (non-hydrogen) atoms. The van der Waals surface area contributed by atoms with Crippen molar-refractivity contribution in [2.75, 3.05) is 7.05 Å². The van der Waals surface area contributed by atoms with Crippen LogP contribution in [0.4, 0.5) is 0 Å². The van der Waals surface area contributed by atoms with Crippen molar-refractivity contribution in [2.45, 2.75) is 50.2 Å². The van der Waals surface area contributed by atoms with E-state index in [1.807, 2.05) is 0 Å². The predicted molar refractivity (Wildman–Crippen MR) is 46.4 cm³/mol. The number of hydrogen-bond donors (Lipinski definition) is 1. The molecule has 0 amide bonds. The Morgan fingerprint density at radius 2 is 1.73 bits per heavy atom. The predicted octanol–water partition coefficient (Wildman–Crippen LogP) is 0.960. The second-order valence-electron chi connectivity index (χ2n) is 4.14. The standard InChI is InChI=1S/C9H18N2/c1-11-8-3-2-4-9(11)6-7(10)5-8/h7-9H,2-6,10H2,1H3/t7?,8-,9?/m0/s1. The van der Waals surface area contributed by atoms with Gasteiger partial charge < -0.3 is 10.6 Å². The molecule has 0 aromatic heterocycles. The molecule has 0 aromatic carbocycles. The van der Waals surface area contributed by atoms with Crippen molar-refractivity contribution in [1.29, 1.82) is 0 Å². The zero-order chi connectivity index (χ0) is 7.84. The summed E-state index contributed by atoms with van der Waals surface area (Å²) in [6.45, 7) is 0. The maximum Gasteiger partial charge on any atom is 0.0110 e. The highest BCUT2D eigenvalue weighted by molar-refractivity contribution is 4.91. The van der Waals surface area contributed by atoms with Crippen LogP contribution in [-0.2, 0) is 0 Å². The van der Waals surface area contributed by atoms with Crippen LogP contribution >= 0.6 is 0 Å². The van der Waals surface area contributed by atoms with Gasteiger partial charge in [-0.15, -0.1) is 0 Å². The number of hydrogen-bond acceptors (Lipinski definition) is 2. The van der Waals surface area contributed by atoms with Gasteiger partial charge in [0.05, 0.1) is 0 Å². The monoisotopic (exact) mass is 154 g/mol. The summed E-state index contributed by atoms with van der Waals surface area (Å²) in [5.41, 5.74) is 5.96. The van der Waals surface area contributed by atoms with Gasteiger partial charge in [-0.3, -0.25) is 0 Å². The highest BCUT2D eigenvalue weighted by Crippen LogP contribution is 2.31. The Morgan fingerprint density at radius 3 is 2.27 bits per heavy atom. The quantitative estimate of drug-likeness (QED) is 0.563. The lowest BCUT2D eigenvalue weighted by Crippen LogP contribution is -2.53. The molecular weight excluding hydrogens is 136 g/mol. The molecule has 2 heteroatoms. The summed E-state index contributed by atoms with van der Waals surface area (Å²) >= 11 is 0. The van der Waals surface area contributed by atoms with Gasteiger partial charge in [0, 0.05) is 18.1 Å². The molecule has 0 aliphatic carbocycles. The molecular formula is C9H18N2. The van der Waals surface area contributed by atoms with Crippen LogP contribution < -0.4 is 5.73 Å². The summed E-state index contributed by atoms with van der Waals surface area (Å²) in [6.07, 6.45) is 6.63. The molecule has 2 bridgehead atoms. The zero-order valence-electron chi connectivity index (χ0n) is 7.29. The molecule has 2 unspecified atom stereocenters. The highest BCUT2D eigenvalue weighted by Gasteiger charge is 2.34. The normalized spacial score (nSPS) is 45.8. The van der Waals surface area contributed by atoms with Gasteiger partial charge in [0.2, 0.25) is 0 Å². The van der Waals surface area contributed by atoms with E-state index in [9.17, 15) is 0 Å². The Balaban J connectivity index is 2.07. The molecule has 2 aliphatic heterocycles. The molecule has 2 saturated heterocycles. The minimum Gasteiger partial charge on any atom is -0.328 e. The summed E-state index contributed by atoms with van der Waals surface area (Å²) in [5.74, 6) is 0. The Bertz CT molecular complexity index is 132. The second kappa shape index (κ2) is 2.76. The minimum absolute atomic E-state index is 0.487. The van der Waals surface area contributed by atoms with Gasteiger partial charge in [-0.1, -0.05) is 6.42 Å². The molecule has 2 rings (SSSR count). The van der Waals surface area contributed by atoms with Crippen LogP contribution in [0.5, 0.6) is 0 Å². The second-order valence-corrected chi connectivity index (χ2v) is 4.14. The lowest BCUT2D eigenvalue weighted by molar-refractivity contribution is 0.0570. The Kier molecular flexibility index (Phi) is 1.90. The fraction of sp³-hybridized carbons (Fsp3) is 1.00. The summed E-state index contributed by atoms with van der Waals surface area (Å²) in [4.78, 5) is 2.55. The van der Waals surface area contributed by atoms with Crippen molar-refractivity contribution in [3.63, 3.8) is 0 Å². The van der Waals surface area contributed by atoms with Crippen molar-refractivity contribution in [1.82, 2.24) is 4.90 Å². The van der Waals surface area contributed by atoms with Crippen molar-refractivity contribution in [3.05, 3.63) is 0 Å². The van der Waals surface area contributed by atoms with Gasteiger partial charge in [-0.05, 0) is 32.7 Å². The molecule has 2 nitrogen and oxygen atoms in total. The average Bonchev–Trinajstić information content (AvgIpc) is 1.92. The SMILES string of the molecule is CN1C2CCC[C@H]1CC(N)C2. The third-order valence-electron chi connectivity index (χ3n) is 3.38. The molecule has 0 saturated carbocycles. The summed E-state index contributed by atoms with van der Waals surface area (Å²) in [7, 11) is 2.26. The van der Waals surface area contributed by atoms with E-state index in [2.05, 4.69) is 11.9 Å². The first-order valence-electron chi connectivity index (χ1n) is 4.75. The molecule has 2 heterocycles. The highest BCUT2D eigenvalue weighted by atomic mass is 15.2. The Labute approximate surface area is 68.7 Å². The summed E-state index contributed by atoms with van der Waals surface area (Å²) in [5, 5.41) is 0. The minimum atomic E-state index is 0.487. The molecule has 0 radical (unpaired) electrons. The van der Waals surface area contributed by atoms with Gasteiger partial charge in [0.1, 0.15) is 0 Å². The van der Waals surface area contributed by atoms with Gasteiger partial charge >= 0.3 is 0 Å². The van der Waals surface area contributed by atoms with Crippen LogP contribution in [-0.4, -0.2) is 30.1 Å². The topological polar surface area (TPSA) is 29.3 Å². The first-order chi connectivity index (χ1) is 5.27. The largest absolute Gasteiger partial charge is 0.328 e. The van der Waals surface area contributed by atoms with Crippen LogP contribution in [0, 0.1) is 0 Å². The van der Waals surface area contributed by atoms with E-state index in [1.54, 1.807) is 0 Å². The van der Waals surface area contributed by atoms with E-state index in [4.69, 9.17) is 5.73 Å². The van der Waals surface area contributed by atoms with E-state index in [0.29, 0.717) is 6.04 Å². The third kappa shape index (κ3) is 1.30. The van der Waals surface area contributed by atoms with Crippen molar-refractivity contribution in [3.8, 4) is 0 Å². The van der Waals surface area contributed by atoms with Crippen molar-refractivity contribution in [2.24, 2.45) is 5.73 Å². The number of piperidine rings is 2. The third-order valence-corrected chi connectivity index (χ3v) is 3.38. The van der Waals surface area contributed by atoms with E-state index >= 15 is 0 Å². The maximum absolute atomic E-state index is 5.96. The lowest BCUT2D eigenvalue weighted by Gasteiger charge is -2.46. The van der Waals surface area contributed by atoms with Crippen LogP contribution in [0.1, 0.15) is 32.1 Å². The van der Waals surface area contributed by atoms with Crippen molar-refractivity contribution >= 4 is 0 Å². The van der Waals surface area contributed by atoms with E-state index < -0.39 is 0 Å². The molecule has 2 fully saturated rings. The van der Waals surface area contributed by atoms with Crippen molar-refractivity contribution < 1.29 is 0 Å². The first-order valence-corrected chi connectivity index (χ1v) is 4.75. The lowest BCUT2D eigenvalue weighted by atomic mass is 9.83. The van der Waals surface area contributed by atoms with Crippen LogP contribution in [0.25, 0.3) is 0 Å². The van der Waals surface area contributed by atoms with Gasteiger partial charge in [0.25, 0.3) is 0 Å². The summed E-state index contributed by atoms with van der Waals surface area (Å²) < 4.78 is 0. The molecule has 0 aromatic rings. The molecule has 0 spiro atoms. The fourth-order valence-electron chi connectivity index (χ4n) is 2.66. The number of rotatable bonds is 0. The van der Waals surface area contributed by atoms with Gasteiger partial charge in [-0.2, -0.15) is 0 Å². The van der Waals surface area contributed by atoms with Crippen LogP contribution in [0.2, 0.25) is 0 Å². The molecule has 2 aliphatic rings. The number of nitrogens with zero attached hydrogens (tertiary/aromatic N) is 1. The average molecular weight is 154 g/mol. The molecule has 64 valence electrons. The maximum atomic E-state index is 5.96. The summed E-state index contributed by atoms with van der Waals surface area (Å²) in [6, 6.07) is 2.09. The fourth-order valence-corrected chi connectivity index (χ4v) is 2.66. The van der Waals surface area contributed by atoms with Crippen LogP contribution in [0.15, 0.2) is 0 Å². The Hall–Kier alpha value is -0.0800. The molecule has 2 N–H and O–H groups in total. The number of nitrogens with two attached hydrogens (primary N) is 1. The van der Waals surface area contributed by atoms with E-state index in [1.165, 1.54) is 32.1 Å².